The number of halogens is 6. The summed E-state index contributed by atoms with van der Waals surface area (Å²) in [6, 6.07) is 45.2. The average molecular weight is 1990 g/mol. The van der Waals surface area contributed by atoms with Crippen molar-refractivity contribution in [1.29, 1.82) is 5.26 Å². The van der Waals surface area contributed by atoms with Crippen molar-refractivity contribution in [2.75, 3.05) is 197 Å². The molecule has 0 spiro atoms. The Morgan fingerprint density at radius 1 is 0.481 bits per heavy atom. The number of hydrogen-bond donors (Lipinski definition) is 5. The number of amides is 2. The summed E-state index contributed by atoms with van der Waals surface area (Å²) in [7, 11) is -4.82. The predicted octanol–water partition coefficient (Wildman–Crippen LogP) is 14.8. The molecule has 38 heteroatoms. The summed E-state index contributed by atoms with van der Waals surface area (Å²) in [5, 5.41) is 17.2. The molecule has 3 atom stereocenters. The molecule has 0 saturated heterocycles. The maximum Gasteiger partial charge on any atom is 0.319 e. The lowest BCUT2D eigenvalue weighted by Gasteiger charge is -2.33. The highest BCUT2D eigenvalue weighted by Gasteiger charge is 2.32. The highest BCUT2D eigenvalue weighted by molar-refractivity contribution is 7.91. The smallest absolute Gasteiger partial charge is 0.319 e. The first kappa shape index (κ1) is 109. The van der Waals surface area contributed by atoms with E-state index in [2.05, 4.69) is 44.5 Å². The molecule has 8 aromatic carbocycles. The second-order valence-electron chi connectivity index (χ2n) is 30.6. The number of sulfonamides is 2. The minimum absolute atomic E-state index is 0.00819. The Morgan fingerprint density at radius 2 is 0.870 bits per heavy atom. The van der Waals surface area contributed by atoms with E-state index >= 15 is 0 Å². The number of hydrogen-bond acceptors (Lipinski definition) is 25. The van der Waals surface area contributed by atoms with Gasteiger partial charge in [0.1, 0.15) is 11.5 Å². The first-order valence-electron chi connectivity index (χ1n) is 42.9. The molecule has 0 radical (unpaired) electrons. The number of ether oxygens (including phenoxy) is 10. The van der Waals surface area contributed by atoms with Gasteiger partial charge in [0.05, 0.1) is 132 Å². The summed E-state index contributed by atoms with van der Waals surface area (Å²) in [4.78, 5) is 44.3. The number of fused-ring (bicyclic) bond motifs is 3. The van der Waals surface area contributed by atoms with Gasteiger partial charge in [-0.2, -0.15) is 4.99 Å². The fraction of sp³-hybridized carbons (Fsp3) is 0.441. The summed E-state index contributed by atoms with van der Waals surface area (Å²) in [5.74, 6) is 0.529. The van der Waals surface area contributed by atoms with Crippen molar-refractivity contribution in [3.05, 3.63) is 243 Å². The summed E-state index contributed by atoms with van der Waals surface area (Å²) < 4.78 is 136. The van der Waals surface area contributed by atoms with Crippen molar-refractivity contribution in [2.24, 2.45) is 10.7 Å². The molecule has 3 aliphatic heterocycles. The molecule has 0 aromatic heterocycles. The van der Waals surface area contributed by atoms with Crippen LogP contribution < -0.4 is 30.5 Å². The van der Waals surface area contributed by atoms with E-state index in [0.29, 0.717) is 210 Å². The third kappa shape index (κ3) is 37.5. The number of nitrogens with one attached hydrogen (secondary N) is 4. The van der Waals surface area contributed by atoms with Gasteiger partial charge in [-0.25, -0.2) is 44.3 Å². The maximum absolute atomic E-state index is 13.1. The molecule has 0 aliphatic carbocycles. The Labute approximate surface area is 799 Å². The van der Waals surface area contributed by atoms with E-state index in [0.717, 1.165) is 81.7 Å². The minimum atomic E-state index is -3.75. The van der Waals surface area contributed by atoms with Crippen LogP contribution in [0.4, 0.5) is 16.2 Å². The van der Waals surface area contributed by atoms with Crippen LogP contribution in [0.2, 0.25) is 30.1 Å². The molecule has 0 bridgehead atoms. The zero-order valence-electron chi connectivity index (χ0n) is 74.1. The molecule has 3 aliphatic rings. The second kappa shape index (κ2) is 57.9. The van der Waals surface area contributed by atoms with Crippen molar-refractivity contribution < 1.29 is 87.0 Å². The second-order valence-corrected chi connectivity index (χ2v) is 38.8. The van der Waals surface area contributed by atoms with E-state index in [4.69, 9.17) is 123 Å². The SMILES string of the molecule is CCCC(=O)Cc1ccc(NC(=O)NCCOCCOCCOCCNS(=O)(=O)c2cccc([C@@H]3CN(C)Cc4c(Cl)cc(Cl)cc43)c2)cc1.CCOCCOCCOCCCS(=O)(=O)c1cccc([C@@H]2CN(C)Cc3c(Cl)cc(Cl)cc32)c1.CN1Cc2c(Cl)cc(Cl)cc2[C@H](c2cccc(S(=O)(=O)NCCOCCOCCOCCN)c2)C1.N#COc1ccc(N=C=O)cc1. The Morgan fingerprint density at radius 3 is 1.27 bits per heavy atom. The van der Waals surface area contributed by atoms with Crippen LogP contribution in [-0.2, 0) is 108 Å². The van der Waals surface area contributed by atoms with Gasteiger partial charge in [0.2, 0.25) is 26.1 Å². The van der Waals surface area contributed by atoms with Crippen LogP contribution in [0, 0.1) is 11.5 Å². The van der Waals surface area contributed by atoms with Gasteiger partial charge >= 0.3 is 6.03 Å². The van der Waals surface area contributed by atoms with E-state index in [1.165, 1.54) is 12.3 Å². The van der Waals surface area contributed by atoms with E-state index < -0.39 is 29.9 Å². The first-order chi connectivity index (χ1) is 63.0. The number of carbonyl (C=O) groups is 2. The molecule has 6 N–H and O–H groups in total. The van der Waals surface area contributed by atoms with E-state index in [9.17, 15) is 39.6 Å². The third-order valence-electron chi connectivity index (χ3n) is 20.6. The number of anilines is 1. The van der Waals surface area contributed by atoms with Gasteiger partial charge in [-0.15, -0.1) is 5.26 Å². The molecular weight excluding hydrogens is 1870 g/mol. The average Bonchev–Trinajstić information content (AvgIpc) is 0.780. The molecule has 8 aromatic rings. The highest BCUT2D eigenvalue weighted by atomic mass is 35.5. The lowest BCUT2D eigenvalue weighted by Crippen LogP contribution is -2.31. The van der Waals surface area contributed by atoms with Crippen molar-refractivity contribution in [3.8, 4) is 12.0 Å². The molecule has 3 heterocycles. The molecule has 0 unspecified atom stereocenters. The topological polar surface area (TPSA) is 366 Å². The molecule has 11 rings (SSSR count). The van der Waals surface area contributed by atoms with Crippen molar-refractivity contribution in [3.63, 3.8) is 0 Å². The van der Waals surface area contributed by atoms with E-state index in [-0.39, 0.29) is 71.4 Å². The summed E-state index contributed by atoms with van der Waals surface area (Å²) in [5.41, 5.74) is 16.2. The van der Waals surface area contributed by atoms with Crippen LogP contribution >= 0.6 is 69.6 Å². The number of sulfone groups is 1. The maximum atomic E-state index is 13.1. The van der Waals surface area contributed by atoms with Gasteiger partial charge in [-0.05, 0) is 206 Å². The number of rotatable bonds is 49. The van der Waals surface area contributed by atoms with Gasteiger partial charge in [0.25, 0.3) is 6.26 Å². The lowest BCUT2D eigenvalue weighted by molar-refractivity contribution is -0.118. The van der Waals surface area contributed by atoms with Crippen LogP contribution in [0.1, 0.15) is 106 Å². The van der Waals surface area contributed by atoms with Crippen LogP contribution in [0.25, 0.3) is 0 Å². The zero-order chi connectivity index (χ0) is 94.6. The fourth-order valence-corrected chi connectivity index (χ4v) is 19.6. The summed E-state index contributed by atoms with van der Waals surface area (Å²) in [6.45, 7) is 16.7. The largest absolute Gasteiger partial charge is 0.388 e. The third-order valence-corrected chi connectivity index (χ3v) is 26.9. The Kier molecular flexibility index (Phi) is 48.1. The summed E-state index contributed by atoms with van der Waals surface area (Å²) in [6.07, 6.45) is 5.16. The minimum Gasteiger partial charge on any atom is -0.388 e. The normalized spacial score (nSPS) is 15.0. The van der Waals surface area contributed by atoms with Gasteiger partial charge in [0, 0.05) is 145 Å². The zero-order valence-corrected chi connectivity index (χ0v) is 81.1. The highest BCUT2D eigenvalue weighted by Crippen LogP contribution is 2.43. The number of carbonyl (C=O) groups excluding carboxylic acids is 3. The van der Waals surface area contributed by atoms with E-state index in [1.807, 2.05) is 83.5 Å². The number of nitrogens with zero attached hydrogens (tertiary/aromatic N) is 5. The molecule has 29 nitrogen and oxygen atoms in total. The number of isocyanates is 1. The monoisotopic (exact) mass is 1980 g/mol. The number of likely N-dealkylation sites (N-methyl/N-ethyl adjacent to an activating group) is 3. The lowest BCUT2D eigenvalue weighted by atomic mass is 9.85. The van der Waals surface area contributed by atoms with Gasteiger partial charge in [-0.3, -0.25) is 4.79 Å². The standard InChI is InChI=1S/C36H46Cl2N4O7S.C25H33Cl2NO5S.C24H33Cl2N3O5S.C8H4N2O2/c1-3-5-30(43)20-26-8-10-29(11-9-26)41-36(44)39-12-14-47-16-18-49-19-17-48-15-13-40-50(45,46)31-7-4-6-27(21-31)33-24-42(2)25-34-32(33)22-28(37)23-35(34)38;1-3-31-9-10-33-12-11-32-8-5-13-34(29,30)21-7-4-6-19(14-21)23-17-28(2)18-24-22(23)15-20(26)16-25(24)27;1-29-16-22(21-14-19(25)15-24(26)23(21)17-29)18-3-2-4-20(13-18)35(30,31)28-6-8-33-10-12-34-11-9-32-7-5-27;9-5-12-8-3-1-7(2-4-8)10-6-11/h4,6-11,21-23,33,40H,3,5,12-20,24-25H2,1-2H3,(H2,39,41,44);4,6-7,14-16,23H,3,5,8-13,17-18H2,1-2H3;2-4,13-15,22,28H,5-12,16-17,27H2,1H3;1-4H/t33-;23-;22-;/m000./s1. The molecule has 0 saturated carbocycles. The van der Waals surface area contributed by atoms with Crippen LogP contribution in [0.15, 0.2) is 177 Å². The number of ketones is 1. The van der Waals surface area contributed by atoms with Crippen LogP contribution in [0.5, 0.6) is 5.75 Å². The predicted molar refractivity (Wildman–Crippen MR) is 510 cm³/mol. The van der Waals surface area contributed by atoms with Gasteiger partial charge in [0.15, 0.2) is 9.84 Å². The number of benzene rings is 8. The van der Waals surface area contributed by atoms with Crippen LogP contribution in [-0.4, -0.2) is 249 Å². The quantitative estimate of drug-likeness (QED) is 0.0102. The van der Waals surface area contributed by atoms with Gasteiger partial charge < -0.3 is 78.4 Å². The molecule has 131 heavy (non-hydrogen) atoms. The first-order valence-corrected chi connectivity index (χ1v) is 49.7. The number of nitriles is 1. The van der Waals surface area contributed by atoms with Crippen molar-refractivity contribution in [2.45, 2.75) is 91.6 Å². The molecular formula is C93H116Cl6N10O19S3. The van der Waals surface area contributed by atoms with Crippen LogP contribution in [0.3, 0.4) is 0 Å². The molecule has 0 fully saturated rings. The Bertz CT molecular complexity index is 5380. The molecule has 2 amide bonds. The number of aliphatic imine (C=N–C) groups is 1. The van der Waals surface area contributed by atoms with E-state index in [1.54, 1.807) is 109 Å². The number of nitrogens with two attached hydrogens (primary N) is 1. The Hall–Kier alpha value is -7.64. The number of Topliss-reactive ketones (excluding diaryl/α,β-unsaturated/α-hetero) is 1. The van der Waals surface area contributed by atoms with Gasteiger partial charge in [-0.1, -0.05) is 125 Å². The van der Waals surface area contributed by atoms with Crippen molar-refractivity contribution in [1.82, 2.24) is 29.5 Å². The number of urea groups is 1. The summed E-state index contributed by atoms with van der Waals surface area (Å²) >= 11 is 38.3. The van der Waals surface area contributed by atoms with Crippen molar-refractivity contribution >= 4 is 129 Å². The fourth-order valence-electron chi connectivity index (χ4n) is 14.4. The molecule has 712 valence electrons. The Balaban J connectivity index is 0.000000232.